The number of para-hydroxylation sites is 1. The van der Waals surface area contributed by atoms with Crippen molar-refractivity contribution in [1.29, 1.82) is 0 Å². The summed E-state index contributed by atoms with van der Waals surface area (Å²) in [5.41, 5.74) is 4.64. The van der Waals surface area contributed by atoms with Gasteiger partial charge in [0.2, 0.25) is 27.9 Å². The first-order chi connectivity index (χ1) is 27.2. The van der Waals surface area contributed by atoms with Crippen LogP contribution >= 0.6 is 0 Å². The number of aromatic nitrogens is 1. The molecule has 2 aliphatic heterocycles. The number of amides is 2. The van der Waals surface area contributed by atoms with Gasteiger partial charge in [-0.3, -0.25) is 14.4 Å². The van der Waals surface area contributed by atoms with E-state index in [9.17, 15) is 37.2 Å². The normalized spacial score (nSPS) is 16.1. The third-order valence-electron chi connectivity index (χ3n) is 9.09. The van der Waals surface area contributed by atoms with E-state index in [1.54, 1.807) is 30.3 Å². The molecule has 0 spiro atoms. The predicted molar refractivity (Wildman–Crippen MR) is 206 cm³/mol. The molecule has 2 amide bonds. The highest BCUT2D eigenvalue weighted by atomic mass is 32.2. The van der Waals surface area contributed by atoms with Crippen molar-refractivity contribution in [3.63, 3.8) is 0 Å². The van der Waals surface area contributed by atoms with Gasteiger partial charge in [-0.25, -0.2) is 23.0 Å². The van der Waals surface area contributed by atoms with Crippen LogP contribution in [0.1, 0.15) is 36.2 Å². The molecule has 0 aliphatic carbocycles. The number of carbonyl (C=O) groups is 6. The molecule has 1 atom stereocenters. The smallest absolute Gasteiger partial charge is 0.458 e. The largest absolute Gasteiger partial charge is 0.509 e. The lowest BCUT2D eigenvalue weighted by Gasteiger charge is -2.25. The molecule has 0 radical (unpaired) electrons. The van der Waals surface area contributed by atoms with Crippen LogP contribution in [0, 0.1) is 0 Å². The molecule has 0 saturated carbocycles. The van der Waals surface area contributed by atoms with E-state index in [0.717, 1.165) is 16.5 Å². The molecular weight excluding hydrogens is 763 g/mol. The minimum absolute atomic E-state index is 0.0759. The Kier molecular flexibility index (Phi) is 13.9. The van der Waals surface area contributed by atoms with Crippen molar-refractivity contribution in [3.8, 4) is 0 Å². The van der Waals surface area contributed by atoms with Gasteiger partial charge in [-0.2, -0.15) is 4.31 Å². The van der Waals surface area contributed by atoms with Crippen molar-refractivity contribution >= 4 is 68.8 Å². The average Bonchev–Trinajstić information content (AvgIpc) is 3.48. The molecule has 2 aromatic carbocycles. The Morgan fingerprint density at radius 1 is 1.09 bits per heavy atom. The maximum Gasteiger partial charge on any atom is 0.509 e. The maximum atomic E-state index is 13.1. The van der Waals surface area contributed by atoms with E-state index in [4.69, 9.17) is 23.9 Å². The Bertz CT molecular complexity index is 2220. The lowest BCUT2D eigenvalue weighted by Crippen LogP contribution is -2.37. The first-order valence-corrected chi connectivity index (χ1v) is 19.7. The summed E-state index contributed by atoms with van der Waals surface area (Å²) in [4.78, 5) is 79.2. The molecule has 2 aliphatic rings. The second kappa shape index (κ2) is 18.8. The summed E-state index contributed by atoms with van der Waals surface area (Å²) < 4.78 is 47.3. The van der Waals surface area contributed by atoms with Crippen LogP contribution in [-0.4, -0.2) is 117 Å². The summed E-state index contributed by atoms with van der Waals surface area (Å²) in [5.74, 6) is -1.99. The summed E-state index contributed by atoms with van der Waals surface area (Å²) in [5, 5.41) is 5.83. The highest BCUT2D eigenvalue weighted by Gasteiger charge is 2.37. The number of fused-ring (bicyclic) bond motifs is 2. The van der Waals surface area contributed by atoms with Crippen molar-refractivity contribution in [2.75, 3.05) is 51.5 Å². The standard InChI is InChI=1S/C39H43N5O12S/c1-24(2)44(57(4,51)52)14-13-28-29-7-5-6-8-32(29)42-36-31(28)19-43(3)33(36)17-30-26(20-46)22-54-38(49)37(30)56-39(50)55-21-25-9-11-27(12-10-25)41-34(47)18-40-35(48)23-53-16-15-45/h5-12,15,17,20,24,37H,13-14,16,18-19,21-23H2,1-4H3,(H,40,48)(H,41,47)/b33-17-/t37-/m0/s1. The van der Waals surface area contributed by atoms with E-state index in [1.807, 2.05) is 50.1 Å². The molecule has 57 heavy (non-hydrogen) atoms. The van der Waals surface area contributed by atoms with E-state index in [2.05, 4.69) is 10.6 Å². The van der Waals surface area contributed by atoms with Crippen molar-refractivity contribution in [1.82, 2.24) is 19.5 Å². The lowest BCUT2D eigenvalue weighted by atomic mass is 9.96. The van der Waals surface area contributed by atoms with Crippen molar-refractivity contribution in [2.24, 2.45) is 0 Å². The van der Waals surface area contributed by atoms with Crippen LogP contribution in [0.15, 0.2) is 65.8 Å². The zero-order valence-corrected chi connectivity index (χ0v) is 32.6. The van der Waals surface area contributed by atoms with E-state index in [-0.39, 0.29) is 56.7 Å². The number of rotatable bonds is 17. The van der Waals surface area contributed by atoms with Crippen molar-refractivity contribution in [3.05, 3.63) is 88.1 Å². The van der Waals surface area contributed by atoms with Crippen LogP contribution in [0.2, 0.25) is 0 Å². The van der Waals surface area contributed by atoms with Crippen LogP contribution < -0.4 is 10.6 Å². The van der Waals surface area contributed by atoms with Gasteiger partial charge in [-0.1, -0.05) is 30.3 Å². The Labute approximate surface area is 329 Å². The Morgan fingerprint density at radius 2 is 1.82 bits per heavy atom. The van der Waals surface area contributed by atoms with Crippen LogP contribution in [0.25, 0.3) is 16.6 Å². The minimum atomic E-state index is -3.48. The van der Waals surface area contributed by atoms with Crippen LogP contribution in [0.3, 0.4) is 0 Å². The molecule has 18 heteroatoms. The quantitative estimate of drug-likeness (QED) is 0.114. The number of sulfonamides is 1. The zero-order chi connectivity index (χ0) is 41.3. The molecule has 302 valence electrons. The molecule has 0 bridgehead atoms. The molecule has 0 unspecified atom stereocenters. The van der Waals surface area contributed by atoms with Gasteiger partial charge in [0.05, 0.1) is 29.7 Å². The van der Waals surface area contributed by atoms with E-state index in [0.29, 0.717) is 53.7 Å². The van der Waals surface area contributed by atoms with E-state index in [1.165, 1.54) is 10.6 Å². The molecule has 17 nitrogen and oxygen atoms in total. The molecular formula is C39H43N5O12S. The third kappa shape index (κ3) is 10.7. The predicted octanol–water partition coefficient (Wildman–Crippen LogP) is 2.28. The Balaban J connectivity index is 1.30. The number of aldehydes is 2. The number of benzene rings is 2. The molecule has 0 saturated heterocycles. The van der Waals surface area contributed by atoms with Crippen LogP contribution in [0.5, 0.6) is 0 Å². The number of anilines is 1. The van der Waals surface area contributed by atoms with Gasteiger partial charge in [-0.05, 0) is 55.7 Å². The van der Waals surface area contributed by atoms with E-state index >= 15 is 0 Å². The van der Waals surface area contributed by atoms with Gasteiger partial charge in [0.1, 0.15) is 39.0 Å². The molecule has 5 rings (SSSR count). The number of nitrogens with zero attached hydrogens (tertiary/aromatic N) is 3. The zero-order valence-electron chi connectivity index (χ0n) is 31.8. The van der Waals surface area contributed by atoms with Gasteiger partial charge >= 0.3 is 12.1 Å². The average molecular weight is 806 g/mol. The highest BCUT2D eigenvalue weighted by Crippen LogP contribution is 2.38. The SMILES string of the molecule is CC(C)N(CCc1c2c(nc3ccccc13)/C(=C/C1=C(C=O)COC(=O)[C@H]1OC(=O)OCc1ccc(NC(=O)CNC(=O)COCC=O)cc1)N(C)C2)S(C)(=O)=O. The third-order valence-corrected chi connectivity index (χ3v) is 10.5. The molecule has 3 aromatic rings. The number of esters is 1. The van der Waals surface area contributed by atoms with Crippen molar-refractivity contribution in [2.45, 2.75) is 45.6 Å². The number of hydrogen-bond acceptors (Lipinski definition) is 14. The summed E-state index contributed by atoms with van der Waals surface area (Å²) >= 11 is 0. The summed E-state index contributed by atoms with van der Waals surface area (Å²) in [6.45, 7) is 2.74. The fourth-order valence-corrected chi connectivity index (χ4v) is 7.61. The van der Waals surface area contributed by atoms with Crippen LogP contribution in [-0.2, 0) is 72.5 Å². The number of ether oxygens (including phenoxy) is 4. The monoisotopic (exact) mass is 805 g/mol. The molecule has 1 aromatic heterocycles. The van der Waals surface area contributed by atoms with Gasteiger partial charge in [0.25, 0.3) is 0 Å². The molecule has 3 heterocycles. The van der Waals surface area contributed by atoms with Gasteiger partial charge in [-0.15, -0.1) is 0 Å². The summed E-state index contributed by atoms with van der Waals surface area (Å²) in [6, 6.07) is 13.5. The highest BCUT2D eigenvalue weighted by molar-refractivity contribution is 7.88. The summed E-state index contributed by atoms with van der Waals surface area (Å²) in [7, 11) is -1.66. The van der Waals surface area contributed by atoms with Crippen LogP contribution in [0.4, 0.5) is 10.5 Å². The summed E-state index contributed by atoms with van der Waals surface area (Å²) in [6.07, 6.45) is 1.35. The lowest BCUT2D eigenvalue weighted by molar-refractivity contribution is -0.153. The van der Waals surface area contributed by atoms with Crippen molar-refractivity contribution < 1.29 is 56.1 Å². The Hall–Kier alpha value is -5.98. The number of cyclic esters (lactones) is 1. The Morgan fingerprint density at radius 3 is 2.51 bits per heavy atom. The number of nitrogens with one attached hydrogen (secondary N) is 2. The topological polar surface area (TPSA) is 217 Å². The van der Waals surface area contributed by atoms with Gasteiger partial charge in [0.15, 0.2) is 0 Å². The second-order valence-electron chi connectivity index (χ2n) is 13.5. The molecule has 0 fully saturated rings. The maximum absolute atomic E-state index is 13.1. The number of carbonyl (C=O) groups excluding carboxylic acids is 6. The van der Waals surface area contributed by atoms with Gasteiger partial charge < -0.3 is 39.3 Å². The second-order valence-corrected chi connectivity index (χ2v) is 15.4. The minimum Gasteiger partial charge on any atom is -0.458 e. The fourth-order valence-electron chi connectivity index (χ4n) is 6.42. The van der Waals surface area contributed by atoms with E-state index < -0.39 is 40.1 Å². The van der Waals surface area contributed by atoms with Gasteiger partial charge in [0, 0.05) is 54.0 Å². The first kappa shape index (κ1) is 42.2. The molecule has 2 N–H and O–H groups in total. The first-order valence-electron chi connectivity index (χ1n) is 17.9. The fraction of sp³-hybridized carbons (Fsp3) is 0.359. The number of hydrogen-bond donors (Lipinski definition) is 2. The number of pyridine rings is 1.